The lowest BCUT2D eigenvalue weighted by Gasteiger charge is -2.05. The zero-order chi connectivity index (χ0) is 14.8. The number of amidine groups is 1. The van der Waals surface area contributed by atoms with E-state index >= 15 is 0 Å². The van der Waals surface area contributed by atoms with Gasteiger partial charge in [0.15, 0.2) is 5.17 Å². The van der Waals surface area contributed by atoms with Gasteiger partial charge in [0.05, 0.1) is 4.91 Å². The van der Waals surface area contributed by atoms with Crippen LogP contribution >= 0.6 is 23.1 Å². The Morgan fingerprint density at radius 3 is 3.00 bits per heavy atom. The highest BCUT2D eigenvalue weighted by atomic mass is 32.2. The summed E-state index contributed by atoms with van der Waals surface area (Å²) in [6.07, 6.45) is 3.42. The lowest BCUT2D eigenvalue weighted by atomic mass is 10.2. The van der Waals surface area contributed by atoms with E-state index in [4.69, 9.17) is 0 Å². The Morgan fingerprint density at radius 1 is 1.43 bits per heavy atom. The van der Waals surface area contributed by atoms with Crippen LogP contribution in [-0.4, -0.2) is 33.1 Å². The molecule has 0 radical (unpaired) electrons. The Hall–Kier alpha value is -2.12. The normalized spacial score (nSPS) is 18.9. The summed E-state index contributed by atoms with van der Waals surface area (Å²) in [6, 6.07) is 6.76. The number of hydrogen-bond acceptors (Lipinski definition) is 6. The molecule has 106 valence electrons. The van der Waals surface area contributed by atoms with Gasteiger partial charge in [-0.3, -0.25) is 9.69 Å². The van der Waals surface area contributed by atoms with Gasteiger partial charge in [0.25, 0.3) is 5.91 Å². The third kappa shape index (κ3) is 2.98. The molecule has 2 heterocycles. The number of thioether (sulfide) groups is 1. The minimum absolute atomic E-state index is 0.112. The van der Waals surface area contributed by atoms with Crippen LogP contribution in [0.5, 0.6) is 5.75 Å². The van der Waals surface area contributed by atoms with Crippen molar-refractivity contribution in [2.24, 2.45) is 4.99 Å². The van der Waals surface area contributed by atoms with Crippen molar-refractivity contribution >= 4 is 45.4 Å². The number of rotatable bonds is 2. The molecule has 1 saturated heterocycles. The van der Waals surface area contributed by atoms with E-state index in [0.29, 0.717) is 15.2 Å². The van der Waals surface area contributed by atoms with Gasteiger partial charge in [-0.05, 0) is 35.5 Å². The van der Waals surface area contributed by atoms with Crippen LogP contribution in [0, 0.1) is 0 Å². The number of benzene rings is 1. The summed E-state index contributed by atoms with van der Waals surface area (Å²) in [7, 11) is 1.69. The van der Waals surface area contributed by atoms with Gasteiger partial charge < -0.3 is 5.11 Å². The van der Waals surface area contributed by atoms with Crippen molar-refractivity contribution in [2.75, 3.05) is 7.05 Å². The summed E-state index contributed by atoms with van der Waals surface area (Å²) >= 11 is 2.72. The fraction of sp³-hybridized carbons (Fsp3) is 0.0714. The van der Waals surface area contributed by atoms with Crippen molar-refractivity contribution in [3.8, 4) is 5.75 Å². The average molecular weight is 317 g/mol. The lowest BCUT2D eigenvalue weighted by Crippen LogP contribution is -2.23. The SMILES string of the molecule is CN1C(=O)/C(=C/c2cccc(O)c2)S/C1=N/c1nccs1. The highest BCUT2D eigenvalue weighted by molar-refractivity contribution is 8.18. The minimum atomic E-state index is -0.112. The first kappa shape index (κ1) is 13.8. The molecule has 0 spiro atoms. The van der Waals surface area contributed by atoms with E-state index in [-0.39, 0.29) is 11.7 Å². The number of likely N-dealkylation sites (N-methyl/N-ethyl adjacent to an activating group) is 1. The monoisotopic (exact) mass is 317 g/mol. The van der Waals surface area contributed by atoms with Gasteiger partial charge in [-0.15, -0.1) is 11.3 Å². The number of aromatic hydroxyl groups is 1. The number of carbonyl (C=O) groups excluding carboxylic acids is 1. The average Bonchev–Trinajstić information content (AvgIpc) is 3.05. The molecule has 0 aliphatic carbocycles. The molecule has 1 fully saturated rings. The zero-order valence-corrected chi connectivity index (χ0v) is 12.7. The third-order valence-corrected chi connectivity index (χ3v) is 4.51. The molecule has 1 aromatic heterocycles. The van der Waals surface area contributed by atoms with Gasteiger partial charge in [-0.2, -0.15) is 4.99 Å². The Kier molecular flexibility index (Phi) is 3.76. The van der Waals surface area contributed by atoms with E-state index in [1.54, 1.807) is 37.5 Å². The third-order valence-electron chi connectivity index (χ3n) is 2.78. The van der Waals surface area contributed by atoms with E-state index in [9.17, 15) is 9.90 Å². The molecule has 1 aliphatic heterocycles. The van der Waals surface area contributed by atoms with Gasteiger partial charge in [0.2, 0.25) is 5.13 Å². The Morgan fingerprint density at radius 2 is 2.29 bits per heavy atom. The maximum absolute atomic E-state index is 12.2. The second kappa shape index (κ2) is 5.71. The molecule has 1 amide bonds. The topological polar surface area (TPSA) is 65.8 Å². The van der Waals surface area contributed by atoms with Gasteiger partial charge in [0.1, 0.15) is 5.75 Å². The number of phenolic OH excluding ortho intramolecular Hbond substituents is 1. The van der Waals surface area contributed by atoms with Gasteiger partial charge in [-0.25, -0.2) is 4.98 Å². The van der Waals surface area contributed by atoms with Crippen molar-refractivity contribution < 1.29 is 9.90 Å². The van der Waals surface area contributed by atoms with Crippen molar-refractivity contribution in [3.63, 3.8) is 0 Å². The van der Waals surface area contributed by atoms with Crippen molar-refractivity contribution in [2.45, 2.75) is 0 Å². The van der Waals surface area contributed by atoms with Gasteiger partial charge >= 0.3 is 0 Å². The molecule has 0 unspecified atom stereocenters. The summed E-state index contributed by atoms with van der Waals surface area (Å²) < 4.78 is 0. The number of phenols is 1. The Balaban J connectivity index is 1.90. The van der Waals surface area contributed by atoms with Gasteiger partial charge in [-0.1, -0.05) is 12.1 Å². The smallest absolute Gasteiger partial charge is 0.266 e. The fourth-order valence-electron chi connectivity index (χ4n) is 1.77. The highest BCUT2D eigenvalue weighted by Gasteiger charge is 2.30. The van der Waals surface area contributed by atoms with E-state index < -0.39 is 0 Å². The number of nitrogens with zero attached hydrogens (tertiary/aromatic N) is 3. The summed E-state index contributed by atoms with van der Waals surface area (Å²) in [5.74, 6) is 0.0588. The van der Waals surface area contributed by atoms with Crippen LogP contribution < -0.4 is 0 Å². The largest absolute Gasteiger partial charge is 0.508 e. The highest BCUT2D eigenvalue weighted by Crippen LogP contribution is 2.33. The van der Waals surface area contributed by atoms with E-state index in [1.807, 2.05) is 11.4 Å². The molecule has 1 aliphatic rings. The summed E-state index contributed by atoms with van der Waals surface area (Å²) in [5, 5.41) is 12.5. The standard InChI is InChI=1S/C14H11N3O2S2/c1-17-12(19)11(8-9-3-2-4-10(18)7-9)21-14(17)16-13-15-5-6-20-13/h2-8,18H,1H3/b11-8-,16-14+. The molecule has 5 nitrogen and oxygen atoms in total. The van der Waals surface area contributed by atoms with Crippen molar-refractivity contribution in [1.29, 1.82) is 0 Å². The van der Waals surface area contributed by atoms with Crippen LogP contribution in [0.3, 0.4) is 0 Å². The van der Waals surface area contributed by atoms with E-state index in [2.05, 4.69) is 9.98 Å². The van der Waals surface area contributed by atoms with Crippen LogP contribution in [0.15, 0.2) is 45.7 Å². The molecule has 0 saturated carbocycles. The quantitative estimate of drug-likeness (QED) is 0.865. The van der Waals surface area contributed by atoms with Gasteiger partial charge in [0, 0.05) is 18.6 Å². The molecule has 3 rings (SSSR count). The lowest BCUT2D eigenvalue weighted by molar-refractivity contribution is -0.121. The predicted molar refractivity (Wildman–Crippen MR) is 85.7 cm³/mol. The molecule has 0 bridgehead atoms. The summed E-state index contributed by atoms with van der Waals surface area (Å²) in [5.41, 5.74) is 0.773. The first-order valence-corrected chi connectivity index (χ1v) is 7.78. The number of thiazole rings is 1. The molecule has 0 atom stereocenters. The number of aromatic nitrogens is 1. The molecular formula is C14H11N3O2S2. The number of hydrogen-bond donors (Lipinski definition) is 1. The molecule has 7 heteroatoms. The van der Waals surface area contributed by atoms with Crippen molar-refractivity contribution in [3.05, 3.63) is 46.3 Å². The van der Waals surface area contributed by atoms with Crippen molar-refractivity contribution in [1.82, 2.24) is 9.88 Å². The Labute approximate surface area is 129 Å². The van der Waals surface area contributed by atoms with Crippen LogP contribution in [0.4, 0.5) is 5.13 Å². The number of carbonyl (C=O) groups is 1. The van der Waals surface area contributed by atoms with Crippen LogP contribution in [-0.2, 0) is 4.79 Å². The summed E-state index contributed by atoms with van der Waals surface area (Å²) in [6.45, 7) is 0. The maximum Gasteiger partial charge on any atom is 0.266 e. The summed E-state index contributed by atoms with van der Waals surface area (Å²) in [4.78, 5) is 22.7. The predicted octanol–water partition coefficient (Wildman–Crippen LogP) is 3.08. The van der Waals surface area contributed by atoms with E-state index in [0.717, 1.165) is 5.56 Å². The minimum Gasteiger partial charge on any atom is -0.508 e. The van der Waals surface area contributed by atoms with E-state index in [1.165, 1.54) is 28.0 Å². The molecule has 1 N–H and O–H groups in total. The fourth-order valence-corrected chi connectivity index (χ4v) is 3.30. The number of aliphatic imine (C=N–C) groups is 1. The molecule has 21 heavy (non-hydrogen) atoms. The second-order valence-electron chi connectivity index (χ2n) is 4.28. The first-order valence-electron chi connectivity index (χ1n) is 6.08. The molecule has 1 aromatic carbocycles. The zero-order valence-electron chi connectivity index (χ0n) is 11.1. The Bertz CT molecular complexity index is 738. The molecular weight excluding hydrogens is 306 g/mol. The van der Waals surface area contributed by atoms with Crippen LogP contribution in [0.2, 0.25) is 0 Å². The molecule has 2 aromatic rings. The van der Waals surface area contributed by atoms with Crippen LogP contribution in [0.1, 0.15) is 5.56 Å². The second-order valence-corrected chi connectivity index (χ2v) is 6.16. The number of amides is 1. The maximum atomic E-state index is 12.2. The van der Waals surface area contributed by atoms with Crippen LogP contribution in [0.25, 0.3) is 6.08 Å². The first-order chi connectivity index (χ1) is 10.1.